The van der Waals surface area contributed by atoms with Gasteiger partial charge in [-0.05, 0) is 44.1 Å². The van der Waals surface area contributed by atoms with E-state index in [4.69, 9.17) is 0 Å². The molecular weight excluding hydrogens is 214 g/mol. The maximum Gasteiger partial charge on any atom is 0.320 e. The number of carbonyl (C=O) groups is 1. The highest BCUT2D eigenvalue weighted by Crippen LogP contribution is 2.43. The van der Waals surface area contributed by atoms with Crippen molar-refractivity contribution in [1.29, 1.82) is 0 Å². The molecule has 0 aromatic rings. The van der Waals surface area contributed by atoms with Crippen molar-refractivity contribution in [2.75, 3.05) is 13.1 Å². The third-order valence-corrected chi connectivity index (χ3v) is 4.72. The fourth-order valence-corrected chi connectivity index (χ4v) is 3.81. The van der Waals surface area contributed by atoms with Crippen molar-refractivity contribution in [3.05, 3.63) is 0 Å². The molecule has 1 N–H and O–H groups in total. The van der Waals surface area contributed by atoms with Gasteiger partial charge in [0.25, 0.3) is 0 Å². The molecular formula is C14H25NO2. The number of piperidine rings is 1. The third kappa shape index (κ3) is 2.82. The summed E-state index contributed by atoms with van der Waals surface area (Å²) < 4.78 is 0. The standard InChI is InChI=1S/C14H25NO2/c1-2-12(13(16)17)15-10-6-9-14(11-15)7-4-3-5-8-14/h12H,2-11H2,1H3,(H,16,17). The summed E-state index contributed by atoms with van der Waals surface area (Å²) in [5, 5.41) is 9.27. The van der Waals surface area contributed by atoms with Crippen molar-refractivity contribution < 1.29 is 9.90 Å². The topological polar surface area (TPSA) is 40.5 Å². The summed E-state index contributed by atoms with van der Waals surface area (Å²) in [6, 6.07) is -0.255. The van der Waals surface area contributed by atoms with Crippen molar-refractivity contribution in [2.45, 2.75) is 64.3 Å². The molecule has 2 fully saturated rings. The Morgan fingerprint density at radius 1 is 1.24 bits per heavy atom. The molecule has 0 aromatic carbocycles. The molecule has 0 aromatic heterocycles. The molecule has 1 saturated carbocycles. The van der Waals surface area contributed by atoms with E-state index in [1.165, 1.54) is 44.9 Å². The van der Waals surface area contributed by atoms with Gasteiger partial charge in [0.1, 0.15) is 6.04 Å². The number of hydrogen-bond donors (Lipinski definition) is 1. The molecule has 1 saturated heterocycles. The van der Waals surface area contributed by atoms with E-state index in [1.54, 1.807) is 0 Å². The Bertz CT molecular complexity index is 266. The van der Waals surface area contributed by atoms with E-state index >= 15 is 0 Å². The first-order valence-electron chi connectivity index (χ1n) is 7.14. The van der Waals surface area contributed by atoms with Gasteiger partial charge in [-0.15, -0.1) is 0 Å². The van der Waals surface area contributed by atoms with E-state index in [1.807, 2.05) is 6.92 Å². The second kappa shape index (κ2) is 5.38. The average Bonchev–Trinajstić information content (AvgIpc) is 2.30. The van der Waals surface area contributed by atoms with Crippen LogP contribution in [0.25, 0.3) is 0 Å². The fraction of sp³-hybridized carbons (Fsp3) is 0.929. The number of rotatable bonds is 3. The minimum atomic E-state index is -0.639. The minimum Gasteiger partial charge on any atom is -0.480 e. The van der Waals surface area contributed by atoms with Gasteiger partial charge in [0.05, 0.1) is 0 Å². The van der Waals surface area contributed by atoms with Gasteiger partial charge in [0, 0.05) is 6.54 Å². The minimum absolute atomic E-state index is 0.255. The number of carboxylic acids is 1. The second-order valence-electron chi connectivity index (χ2n) is 5.90. The monoisotopic (exact) mass is 239 g/mol. The number of carboxylic acid groups (broad SMARTS) is 1. The maximum absolute atomic E-state index is 11.3. The van der Waals surface area contributed by atoms with Crippen LogP contribution in [0.3, 0.4) is 0 Å². The zero-order valence-electron chi connectivity index (χ0n) is 11.0. The quantitative estimate of drug-likeness (QED) is 0.823. The van der Waals surface area contributed by atoms with Crippen molar-refractivity contribution in [3.8, 4) is 0 Å². The van der Waals surface area contributed by atoms with Gasteiger partial charge < -0.3 is 5.11 Å². The molecule has 1 atom stereocenters. The molecule has 1 unspecified atom stereocenters. The molecule has 98 valence electrons. The fourth-order valence-electron chi connectivity index (χ4n) is 3.81. The van der Waals surface area contributed by atoms with Gasteiger partial charge in [-0.25, -0.2) is 0 Å². The van der Waals surface area contributed by atoms with E-state index < -0.39 is 5.97 Å². The van der Waals surface area contributed by atoms with E-state index in [0.29, 0.717) is 5.41 Å². The van der Waals surface area contributed by atoms with Crippen LogP contribution in [0.15, 0.2) is 0 Å². The van der Waals surface area contributed by atoms with Gasteiger partial charge in [0.2, 0.25) is 0 Å². The molecule has 1 heterocycles. The summed E-state index contributed by atoms with van der Waals surface area (Å²) >= 11 is 0. The largest absolute Gasteiger partial charge is 0.480 e. The molecule has 3 nitrogen and oxygen atoms in total. The molecule has 1 spiro atoms. The van der Waals surface area contributed by atoms with E-state index in [0.717, 1.165) is 19.5 Å². The van der Waals surface area contributed by atoms with Crippen molar-refractivity contribution in [2.24, 2.45) is 5.41 Å². The molecule has 2 aliphatic rings. The van der Waals surface area contributed by atoms with Crippen LogP contribution in [0.4, 0.5) is 0 Å². The Balaban J connectivity index is 2.02. The van der Waals surface area contributed by atoms with E-state index in [-0.39, 0.29) is 6.04 Å². The number of likely N-dealkylation sites (tertiary alicyclic amines) is 1. The maximum atomic E-state index is 11.3. The van der Waals surface area contributed by atoms with Crippen molar-refractivity contribution in [3.63, 3.8) is 0 Å². The molecule has 0 bridgehead atoms. The van der Waals surface area contributed by atoms with Gasteiger partial charge in [0.15, 0.2) is 0 Å². The number of nitrogens with zero attached hydrogens (tertiary/aromatic N) is 1. The summed E-state index contributed by atoms with van der Waals surface area (Å²) in [5.74, 6) is -0.639. The summed E-state index contributed by atoms with van der Waals surface area (Å²) in [7, 11) is 0. The van der Waals surface area contributed by atoms with E-state index in [2.05, 4.69) is 4.90 Å². The van der Waals surface area contributed by atoms with Gasteiger partial charge in [-0.3, -0.25) is 9.69 Å². The van der Waals surface area contributed by atoms with Crippen LogP contribution in [0.2, 0.25) is 0 Å². The summed E-state index contributed by atoms with van der Waals surface area (Å²) in [4.78, 5) is 13.5. The third-order valence-electron chi connectivity index (χ3n) is 4.72. The smallest absolute Gasteiger partial charge is 0.320 e. The Morgan fingerprint density at radius 3 is 2.47 bits per heavy atom. The molecule has 1 aliphatic carbocycles. The number of aliphatic carboxylic acids is 1. The van der Waals surface area contributed by atoms with Crippen LogP contribution in [0.1, 0.15) is 58.3 Å². The predicted molar refractivity (Wildman–Crippen MR) is 68.0 cm³/mol. The summed E-state index contributed by atoms with van der Waals surface area (Å²) in [6.07, 6.45) is 9.93. The van der Waals surface area contributed by atoms with E-state index in [9.17, 15) is 9.90 Å². The summed E-state index contributed by atoms with van der Waals surface area (Å²) in [6.45, 7) is 3.99. The zero-order valence-corrected chi connectivity index (χ0v) is 11.0. The highest BCUT2D eigenvalue weighted by Gasteiger charge is 2.39. The van der Waals surface area contributed by atoms with Crippen molar-refractivity contribution in [1.82, 2.24) is 4.90 Å². The lowest BCUT2D eigenvalue weighted by Gasteiger charge is -2.46. The molecule has 3 heteroatoms. The summed E-state index contributed by atoms with van der Waals surface area (Å²) in [5.41, 5.74) is 0.458. The van der Waals surface area contributed by atoms with Gasteiger partial charge in [-0.1, -0.05) is 26.2 Å². The molecule has 0 amide bonds. The lowest BCUT2D eigenvalue weighted by Crippen LogP contribution is -2.51. The second-order valence-corrected chi connectivity index (χ2v) is 5.90. The van der Waals surface area contributed by atoms with Crippen LogP contribution < -0.4 is 0 Å². The SMILES string of the molecule is CCC(C(=O)O)N1CCCC2(CCCCC2)C1. The van der Waals surface area contributed by atoms with Crippen LogP contribution in [-0.2, 0) is 4.79 Å². The first kappa shape index (κ1) is 12.9. The van der Waals surface area contributed by atoms with Crippen LogP contribution in [-0.4, -0.2) is 35.1 Å². The van der Waals surface area contributed by atoms with Crippen LogP contribution in [0.5, 0.6) is 0 Å². The predicted octanol–water partition coefficient (Wildman–Crippen LogP) is 2.90. The lowest BCUT2D eigenvalue weighted by atomic mass is 9.69. The first-order chi connectivity index (χ1) is 8.17. The average molecular weight is 239 g/mol. The Kier molecular flexibility index (Phi) is 4.08. The zero-order chi connectivity index (χ0) is 12.3. The highest BCUT2D eigenvalue weighted by atomic mass is 16.4. The Hall–Kier alpha value is -0.570. The molecule has 17 heavy (non-hydrogen) atoms. The molecule has 0 radical (unpaired) electrons. The van der Waals surface area contributed by atoms with Crippen molar-refractivity contribution >= 4 is 5.97 Å². The normalized spacial score (nSPS) is 26.9. The first-order valence-corrected chi connectivity index (χ1v) is 7.14. The Labute approximate surface area is 104 Å². The Morgan fingerprint density at radius 2 is 1.88 bits per heavy atom. The van der Waals surface area contributed by atoms with Gasteiger partial charge in [-0.2, -0.15) is 0 Å². The highest BCUT2D eigenvalue weighted by molar-refractivity contribution is 5.73. The molecule has 1 aliphatic heterocycles. The number of hydrogen-bond acceptors (Lipinski definition) is 2. The molecule has 2 rings (SSSR count). The van der Waals surface area contributed by atoms with Crippen LogP contribution >= 0.6 is 0 Å². The lowest BCUT2D eigenvalue weighted by molar-refractivity contribution is -0.145. The van der Waals surface area contributed by atoms with Crippen LogP contribution in [0, 0.1) is 5.41 Å². The van der Waals surface area contributed by atoms with Gasteiger partial charge >= 0.3 is 5.97 Å².